The van der Waals surface area contributed by atoms with Gasteiger partial charge in [0.2, 0.25) is 0 Å². The fourth-order valence-corrected chi connectivity index (χ4v) is 5.05. The van der Waals surface area contributed by atoms with E-state index in [0.717, 1.165) is 0 Å². The van der Waals surface area contributed by atoms with Gasteiger partial charge in [-0.1, -0.05) is 59.6 Å². The molecule has 184 valence electrons. The molecule has 0 saturated heterocycles. The SMILES string of the molecule is O=C(NC(Cc1ccccc1)C(=O)O)c1cc(Cl)c(Cl)cc1NS(=O)(=O)c1cccc2nccnc12. The Balaban J connectivity index is 1.68. The van der Waals surface area contributed by atoms with Crippen LogP contribution in [0.15, 0.2) is 78.0 Å². The van der Waals surface area contributed by atoms with E-state index in [1.165, 1.54) is 36.7 Å². The average Bonchev–Trinajstić information content (AvgIpc) is 2.85. The molecule has 1 heterocycles. The number of rotatable bonds is 8. The molecular formula is C24H18Cl2N4O5S. The quantitative estimate of drug-likeness (QED) is 0.302. The second-order valence-corrected chi connectivity index (χ2v) is 10.1. The first-order chi connectivity index (χ1) is 17.2. The van der Waals surface area contributed by atoms with E-state index in [1.54, 1.807) is 36.4 Å². The molecule has 0 radical (unpaired) electrons. The summed E-state index contributed by atoms with van der Waals surface area (Å²) in [5.41, 5.74) is 0.785. The number of aliphatic carboxylic acids is 1. The maximum Gasteiger partial charge on any atom is 0.326 e. The first kappa shape index (κ1) is 25.4. The van der Waals surface area contributed by atoms with Gasteiger partial charge < -0.3 is 10.4 Å². The molecular weight excluding hydrogens is 527 g/mol. The zero-order valence-corrected chi connectivity index (χ0v) is 20.7. The maximum absolute atomic E-state index is 13.3. The number of carboxylic acids is 1. The van der Waals surface area contributed by atoms with Crippen molar-refractivity contribution in [2.45, 2.75) is 17.4 Å². The van der Waals surface area contributed by atoms with Crippen LogP contribution in [0.4, 0.5) is 5.69 Å². The zero-order valence-electron chi connectivity index (χ0n) is 18.4. The molecule has 4 rings (SSSR count). The van der Waals surface area contributed by atoms with Crippen LogP contribution in [0.2, 0.25) is 10.0 Å². The summed E-state index contributed by atoms with van der Waals surface area (Å²) in [6, 6.07) is 14.3. The summed E-state index contributed by atoms with van der Waals surface area (Å²) in [5.74, 6) is -2.11. The molecule has 0 aliphatic rings. The van der Waals surface area contributed by atoms with Crippen molar-refractivity contribution in [3.63, 3.8) is 0 Å². The molecule has 0 bridgehead atoms. The molecule has 1 aromatic heterocycles. The first-order valence-corrected chi connectivity index (χ1v) is 12.7. The summed E-state index contributed by atoms with van der Waals surface area (Å²) < 4.78 is 28.9. The number of sulfonamides is 1. The van der Waals surface area contributed by atoms with Gasteiger partial charge in [0.1, 0.15) is 16.5 Å². The third-order valence-electron chi connectivity index (χ3n) is 5.19. The standard InChI is InChI=1S/C24H18Cl2N4O5S/c25-16-12-15(23(31)29-20(24(32)33)11-14-5-2-1-3-6-14)19(13-17(16)26)30-36(34,35)21-8-4-7-18-22(21)28-10-9-27-18/h1-10,12-13,20,30H,11H2,(H,29,31)(H,32,33). The summed E-state index contributed by atoms with van der Waals surface area (Å²) in [4.78, 5) is 33.0. The van der Waals surface area contributed by atoms with Gasteiger partial charge in [-0.25, -0.2) is 13.2 Å². The number of halogens is 2. The molecule has 3 N–H and O–H groups in total. The van der Waals surface area contributed by atoms with Crippen LogP contribution in [0.25, 0.3) is 11.0 Å². The Morgan fingerprint density at radius 3 is 2.36 bits per heavy atom. The fourth-order valence-electron chi connectivity index (χ4n) is 3.49. The van der Waals surface area contributed by atoms with Gasteiger partial charge in [0.05, 0.1) is 26.8 Å². The molecule has 3 aromatic carbocycles. The fraction of sp³-hybridized carbons (Fsp3) is 0.0833. The number of benzene rings is 3. The van der Waals surface area contributed by atoms with E-state index < -0.39 is 27.9 Å². The minimum atomic E-state index is -4.27. The summed E-state index contributed by atoms with van der Waals surface area (Å²) in [7, 11) is -4.27. The van der Waals surface area contributed by atoms with Gasteiger partial charge in [0.25, 0.3) is 15.9 Å². The lowest BCUT2D eigenvalue weighted by Crippen LogP contribution is -2.42. The van der Waals surface area contributed by atoms with Gasteiger partial charge in [-0.15, -0.1) is 0 Å². The van der Waals surface area contributed by atoms with Crippen LogP contribution in [0.1, 0.15) is 15.9 Å². The molecule has 9 nitrogen and oxygen atoms in total. The van der Waals surface area contributed by atoms with Crippen molar-refractivity contribution in [2.75, 3.05) is 4.72 Å². The molecule has 1 amide bonds. The molecule has 0 aliphatic carbocycles. The van der Waals surface area contributed by atoms with E-state index >= 15 is 0 Å². The Morgan fingerprint density at radius 1 is 0.944 bits per heavy atom. The summed E-state index contributed by atoms with van der Waals surface area (Å²) in [5, 5.41) is 12.0. The van der Waals surface area contributed by atoms with Crippen LogP contribution >= 0.6 is 23.2 Å². The highest BCUT2D eigenvalue weighted by atomic mass is 35.5. The molecule has 12 heteroatoms. The minimum Gasteiger partial charge on any atom is -0.480 e. The number of nitrogens with zero attached hydrogens (tertiary/aromatic N) is 2. The first-order valence-electron chi connectivity index (χ1n) is 10.4. The largest absolute Gasteiger partial charge is 0.480 e. The Kier molecular flexibility index (Phi) is 7.39. The van der Waals surface area contributed by atoms with Gasteiger partial charge in [0, 0.05) is 18.8 Å². The number of carboxylic acid groups (broad SMARTS) is 1. The number of aromatic nitrogens is 2. The van der Waals surface area contributed by atoms with Gasteiger partial charge in [-0.2, -0.15) is 0 Å². The summed E-state index contributed by atoms with van der Waals surface area (Å²) in [6.07, 6.45) is 2.80. The van der Waals surface area contributed by atoms with Crippen LogP contribution in [0, 0.1) is 0 Å². The number of carbonyl (C=O) groups excluding carboxylic acids is 1. The maximum atomic E-state index is 13.3. The van der Waals surface area contributed by atoms with Crippen molar-refractivity contribution >= 4 is 61.8 Å². The Morgan fingerprint density at radius 2 is 1.64 bits per heavy atom. The highest BCUT2D eigenvalue weighted by Gasteiger charge is 2.26. The van der Waals surface area contributed by atoms with Crippen molar-refractivity contribution in [1.29, 1.82) is 0 Å². The topological polar surface area (TPSA) is 138 Å². The number of para-hydroxylation sites is 1. The van der Waals surface area contributed by atoms with Crippen LogP contribution in [-0.4, -0.2) is 41.4 Å². The highest BCUT2D eigenvalue weighted by Crippen LogP contribution is 2.31. The molecule has 0 fully saturated rings. The van der Waals surface area contributed by atoms with E-state index in [9.17, 15) is 23.1 Å². The normalized spacial score (nSPS) is 12.2. The Hall–Kier alpha value is -3.73. The molecule has 1 atom stereocenters. The smallest absolute Gasteiger partial charge is 0.326 e. The molecule has 0 spiro atoms. The van der Waals surface area contributed by atoms with Crippen LogP contribution in [0.3, 0.4) is 0 Å². The Bertz CT molecular complexity index is 1560. The lowest BCUT2D eigenvalue weighted by Gasteiger charge is -2.18. The molecule has 36 heavy (non-hydrogen) atoms. The van der Waals surface area contributed by atoms with E-state index in [0.29, 0.717) is 11.1 Å². The van der Waals surface area contributed by atoms with Crippen molar-refractivity contribution < 1.29 is 23.1 Å². The monoisotopic (exact) mass is 544 g/mol. The second kappa shape index (κ2) is 10.5. The van der Waals surface area contributed by atoms with Crippen molar-refractivity contribution in [3.05, 3.63) is 94.2 Å². The number of fused-ring (bicyclic) bond motifs is 1. The van der Waals surface area contributed by atoms with E-state index in [4.69, 9.17) is 23.2 Å². The third kappa shape index (κ3) is 5.56. The summed E-state index contributed by atoms with van der Waals surface area (Å²) in [6.45, 7) is 0. The van der Waals surface area contributed by atoms with E-state index in [2.05, 4.69) is 20.0 Å². The van der Waals surface area contributed by atoms with Crippen LogP contribution < -0.4 is 10.0 Å². The predicted molar refractivity (Wildman–Crippen MR) is 136 cm³/mol. The van der Waals surface area contributed by atoms with E-state index in [-0.39, 0.29) is 38.1 Å². The molecule has 4 aromatic rings. The van der Waals surface area contributed by atoms with Gasteiger partial charge in [-0.3, -0.25) is 19.5 Å². The number of carbonyl (C=O) groups is 2. The number of amides is 1. The summed E-state index contributed by atoms with van der Waals surface area (Å²) >= 11 is 12.2. The number of hydrogen-bond donors (Lipinski definition) is 3. The van der Waals surface area contributed by atoms with E-state index in [1.807, 2.05) is 0 Å². The van der Waals surface area contributed by atoms with Crippen molar-refractivity contribution in [2.24, 2.45) is 0 Å². The molecule has 0 aliphatic heterocycles. The zero-order chi connectivity index (χ0) is 25.9. The lowest BCUT2D eigenvalue weighted by atomic mass is 10.1. The molecule has 0 saturated carbocycles. The Labute approximate surface area is 216 Å². The predicted octanol–water partition coefficient (Wildman–Crippen LogP) is 4.16. The third-order valence-corrected chi connectivity index (χ3v) is 7.31. The van der Waals surface area contributed by atoms with Crippen LogP contribution in [0.5, 0.6) is 0 Å². The number of hydrogen-bond acceptors (Lipinski definition) is 6. The highest BCUT2D eigenvalue weighted by molar-refractivity contribution is 7.93. The number of anilines is 1. The van der Waals surface area contributed by atoms with Crippen LogP contribution in [-0.2, 0) is 21.2 Å². The van der Waals surface area contributed by atoms with Gasteiger partial charge in [0.15, 0.2) is 0 Å². The van der Waals surface area contributed by atoms with Crippen molar-refractivity contribution in [3.8, 4) is 0 Å². The number of nitrogens with one attached hydrogen (secondary N) is 2. The lowest BCUT2D eigenvalue weighted by molar-refractivity contribution is -0.139. The second-order valence-electron chi connectivity index (χ2n) is 7.65. The molecule has 1 unspecified atom stereocenters. The minimum absolute atomic E-state index is 0.0114. The van der Waals surface area contributed by atoms with Crippen molar-refractivity contribution in [1.82, 2.24) is 15.3 Å². The average molecular weight is 545 g/mol. The van der Waals surface area contributed by atoms with Gasteiger partial charge in [-0.05, 0) is 29.8 Å². The van der Waals surface area contributed by atoms with Gasteiger partial charge >= 0.3 is 5.97 Å².